The van der Waals surface area contributed by atoms with E-state index in [0.717, 1.165) is 17.9 Å². The minimum absolute atomic E-state index is 0.332. The molecular weight excluding hydrogens is 208 g/mol. The topological polar surface area (TPSA) is 15.3 Å². The van der Waals surface area contributed by atoms with Crippen LogP contribution in [0.2, 0.25) is 0 Å². The van der Waals surface area contributed by atoms with Crippen molar-refractivity contribution in [3.05, 3.63) is 0 Å². The minimum atomic E-state index is 0.332. The van der Waals surface area contributed by atoms with Crippen LogP contribution in [0.25, 0.3) is 0 Å². The van der Waals surface area contributed by atoms with Crippen LogP contribution in [0.3, 0.4) is 0 Å². The summed E-state index contributed by atoms with van der Waals surface area (Å²) in [7, 11) is 4.41. The van der Waals surface area contributed by atoms with Crippen LogP contribution in [-0.2, 0) is 0 Å². The van der Waals surface area contributed by atoms with E-state index in [0.29, 0.717) is 5.54 Å². The highest BCUT2D eigenvalue weighted by Crippen LogP contribution is 2.31. The van der Waals surface area contributed by atoms with Crippen molar-refractivity contribution in [1.82, 2.24) is 10.2 Å². The molecular formula is C15H32N2. The summed E-state index contributed by atoms with van der Waals surface area (Å²) in [5, 5.41) is 3.52. The Morgan fingerprint density at radius 1 is 1.29 bits per heavy atom. The van der Waals surface area contributed by atoms with E-state index in [4.69, 9.17) is 0 Å². The number of nitrogens with zero attached hydrogens (tertiary/aromatic N) is 1. The molecule has 0 aromatic heterocycles. The van der Waals surface area contributed by atoms with Crippen molar-refractivity contribution in [3.8, 4) is 0 Å². The molecule has 1 saturated carbocycles. The first-order valence-corrected chi connectivity index (χ1v) is 7.29. The average molecular weight is 240 g/mol. The van der Waals surface area contributed by atoms with Gasteiger partial charge in [-0.15, -0.1) is 0 Å². The largest absolute Gasteiger partial charge is 0.317 e. The molecule has 102 valence electrons. The van der Waals surface area contributed by atoms with Crippen molar-refractivity contribution in [1.29, 1.82) is 0 Å². The SMILES string of the molecule is CCC(C)(C)N(C)CC1CC(C)CCC1NC. The summed E-state index contributed by atoms with van der Waals surface area (Å²) in [6, 6.07) is 0.723. The van der Waals surface area contributed by atoms with E-state index >= 15 is 0 Å². The maximum atomic E-state index is 3.52. The van der Waals surface area contributed by atoms with Gasteiger partial charge < -0.3 is 10.2 Å². The molecule has 0 heterocycles. The van der Waals surface area contributed by atoms with E-state index in [1.165, 1.54) is 32.2 Å². The van der Waals surface area contributed by atoms with Crippen molar-refractivity contribution in [2.75, 3.05) is 20.6 Å². The van der Waals surface area contributed by atoms with Crippen molar-refractivity contribution in [2.24, 2.45) is 11.8 Å². The first-order chi connectivity index (χ1) is 7.90. The van der Waals surface area contributed by atoms with Gasteiger partial charge in [0.05, 0.1) is 0 Å². The molecule has 3 atom stereocenters. The van der Waals surface area contributed by atoms with Gasteiger partial charge in [-0.1, -0.05) is 13.8 Å². The Morgan fingerprint density at radius 3 is 2.47 bits per heavy atom. The van der Waals surface area contributed by atoms with Crippen LogP contribution in [0.4, 0.5) is 0 Å². The molecule has 1 aliphatic rings. The summed E-state index contributed by atoms with van der Waals surface area (Å²) in [4.78, 5) is 2.56. The third kappa shape index (κ3) is 3.96. The second-order valence-corrected chi connectivity index (χ2v) is 6.62. The molecule has 2 nitrogen and oxygen atoms in total. The van der Waals surface area contributed by atoms with E-state index in [1.807, 2.05) is 0 Å². The summed E-state index contributed by atoms with van der Waals surface area (Å²) < 4.78 is 0. The van der Waals surface area contributed by atoms with Crippen molar-refractivity contribution in [3.63, 3.8) is 0 Å². The Bertz CT molecular complexity index is 225. The number of nitrogens with one attached hydrogen (secondary N) is 1. The van der Waals surface area contributed by atoms with Crippen molar-refractivity contribution in [2.45, 2.75) is 65.0 Å². The fourth-order valence-corrected chi connectivity index (χ4v) is 2.95. The molecule has 1 fully saturated rings. The third-order valence-corrected chi connectivity index (χ3v) is 5.02. The molecule has 0 bridgehead atoms. The van der Waals surface area contributed by atoms with Crippen LogP contribution in [0, 0.1) is 11.8 Å². The normalized spacial score (nSPS) is 30.9. The molecule has 0 spiro atoms. The predicted octanol–water partition coefficient (Wildman–Crippen LogP) is 3.13. The van der Waals surface area contributed by atoms with E-state index in [9.17, 15) is 0 Å². The van der Waals surface area contributed by atoms with E-state index in [1.54, 1.807) is 0 Å². The van der Waals surface area contributed by atoms with Crippen LogP contribution >= 0.6 is 0 Å². The summed E-state index contributed by atoms with van der Waals surface area (Å²) >= 11 is 0. The smallest absolute Gasteiger partial charge is 0.0147 e. The standard InChI is InChI=1S/C15H32N2/c1-7-15(3,4)17(6)11-13-10-12(2)8-9-14(13)16-5/h12-14,16H,7-11H2,1-6H3. The van der Waals surface area contributed by atoms with Gasteiger partial charge in [0.15, 0.2) is 0 Å². The van der Waals surface area contributed by atoms with Gasteiger partial charge in [-0.05, 0) is 65.5 Å². The Balaban J connectivity index is 2.58. The van der Waals surface area contributed by atoms with Crippen LogP contribution in [0.15, 0.2) is 0 Å². The first kappa shape index (κ1) is 15.0. The second-order valence-electron chi connectivity index (χ2n) is 6.62. The molecule has 0 aromatic carbocycles. The first-order valence-electron chi connectivity index (χ1n) is 7.29. The molecule has 0 aliphatic heterocycles. The molecule has 1 N–H and O–H groups in total. The third-order valence-electron chi connectivity index (χ3n) is 5.02. The Hall–Kier alpha value is -0.0800. The van der Waals surface area contributed by atoms with Gasteiger partial charge in [0.1, 0.15) is 0 Å². The number of hydrogen-bond donors (Lipinski definition) is 1. The van der Waals surface area contributed by atoms with Gasteiger partial charge in [0.2, 0.25) is 0 Å². The molecule has 0 aromatic rings. The molecule has 17 heavy (non-hydrogen) atoms. The van der Waals surface area contributed by atoms with Crippen molar-refractivity contribution < 1.29 is 0 Å². The number of hydrogen-bond acceptors (Lipinski definition) is 2. The summed E-state index contributed by atoms with van der Waals surface area (Å²) in [5.41, 5.74) is 0.332. The molecule has 3 unspecified atom stereocenters. The van der Waals surface area contributed by atoms with E-state index in [-0.39, 0.29) is 0 Å². The Labute approximate surface area is 108 Å². The molecule has 1 aliphatic carbocycles. The Kier molecular flexibility index (Phi) is 5.46. The average Bonchev–Trinajstić information content (AvgIpc) is 2.29. The van der Waals surface area contributed by atoms with Gasteiger partial charge in [-0.25, -0.2) is 0 Å². The highest BCUT2D eigenvalue weighted by atomic mass is 15.2. The quantitative estimate of drug-likeness (QED) is 0.794. The fraction of sp³-hybridized carbons (Fsp3) is 1.00. The van der Waals surface area contributed by atoms with Crippen LogP contribution in [0.5, 0.6) is 0 Å². The summed E-state index contributed by atoms with van der Waals surface area (Å²) in [5.74, 6) is 1.72. The minimum Gasteiger partial charge on any atom is -0.317 e. The van der Waals surface area contributed by atoms with Gasteiger partial charge in [0.25, 0.3) is 0 Å². The zero-order chi connectivity index (χ0) is 13.1. The lowest BCUT2D eigenvalue weighted by Crippen LogP contribution is -2.49. The van der Waals surface area contributed by atoms with E-state index < -0.39 is 0 Å². The van der Waals surface area contributed by atoms with E-state index in [2.05, 4.69) is 52.0 Å². The summed E-state index contributed by atoms with van der Waals surface area (Å²) in [6.07, 6.45) is 5.34. The maximum absolute atomic E-state index is 3.52. The molecule has 0 amide bonds. The number of rotatable bonds is 5. The van der Waals surface area contributed by atoms with Gasteiger partial charge in [-0.2, -0.15) is 0 Å². The lowest BCUT2D eigenvalue weighted by molar-refractivity contribution is 0.0921. The zero-order valence-electron chi connectivity index (χ0n) is 12.7. The molecule has 1 rings (SSSR count). The van der Waals surface area contributed by atoms with Gasteiger partial charge in [-0.3, -0.25) is 0 Å². The predicted molar refractivity (Wildman–Crippen MR) is 76.4 cm³/mol. The molecule has 0 radical (unpaired) electrons. The van der Waals surface area contributed by atoms with Crippen molar-refractivity contribution >= 4 is 0 Å². The summed E-state index contributed by atoms with van der Waals surface area (Å²) in [6.45, 7) is 10.6. The van der Waals surface area contributed by atoms with Gasteiger partial charge >= 0.3 is 0 Å². The lowest BCUT2D eigenvalue weighted by Gasteiger charge is -2.42. The molecule has 0 saturated heterocycles. The second kappa shape index (κ2) is 6.19. The fourth-order valence-electron chi connectivity index (χ4n) is 2.95. The molecule has 2 heteroatoms. The van der Waals surface area contributed by atoms with Crippen LogP contribution < -0.4 is 5.32 Å². The Morgan fingerprint density at radius 2 is 1.94 bits per heavy atom. The highest BCUT2D eigenvalue weighted by Gasteiger charge is 2.31. The lowest BCUT2D eigenvalue weighted by atomic mass is 9.78. The van der Waals surface area contributed by atoms with Gasteiger partial charge in [0, 0.05) is 18.1 Å². The van der Waals surface area contributed by atoms with Crippen LogP contribution in [0.1, 0.15) is 53.4 Å². The highest BCUT2D eigenvalue weighted by molar-refractivity contribution is 4.87. The monoisotopic (exact) mass is 240 g/mol. The maximum Gasteiger partial charge on any atom is 0.0147 e. The zero-order valence-corrected chi connectivity index (χ0v) is 12.7. The van der Waals surface area contributed by atoms with Crippen LogP contribution in [-0.4, -0.2) is 37.1 Å².